The summed E-state index contributed by atoms with van der Waals surface area (Å²) in [6.45, 7) is 2.42. The molecule has 0 atom stereocenters. The molecule has 0 spiro atoms. The van der Waals surface area contributed by atoms with Crippen molar-refractivity contribution in [1.82, 2.24) is 15.6 Å². The molecule has 1 heterocycles. The molecule has 0 aliphatic rings. The van der Waals surface area contributed by atoms with Crippen LogP contribution in [0.25, 0.3) is 0 Å². The number of halogens is 1. The van der Waals surface area contributed by atoms with Crippen molar-refractivity contribution in [3.05, 3.63) is 88.2 Å². The summed E-state index contributed by atoms with van der Waals surface area (Å²) in [5, 5.41) is 13.0. The highest BCUT2D eigenvalue weighted by Gasteiger charge is 2.23. The minimum Gasteiger partial charge on any atom is -0.483 e. The van der Waals surface area contributed by atoms with Crippen molar-refractivity contribution >= 4 is 50.9 Å². The summed E-state index contributed by atoms with van der Waals surface area (Å²) in [5.74, 6) is -2.00. The van der Waals surface area contributed by atoms with E-state index in [4.69, 9.17) is 32.2 Å². The van der Waals surface area contributed by atoms with E-state index in [0.29, 0.717) is 16.8 Å². The summed E-state index contributed by atoms with van der Waals surface area (Å²) in [6, 6.07) is 14.0. The van der Waals surface area contributed by atoms with Crippen molar-refractivity contribution in [2.24, 2.45) is 5.73 Å². The smallest absolute Gasteiger partial charge is 0.325 e. The molecule has 0 bridgehead atoms. The van der Waals surface area contributed by atoms with E-state index in [9.17, 15) is 22.8 Å². The normalized spacial score (nSPS) is 10.9. The molecule has 0 aliphatic heterocycles. The van der Waals surface area contributed by atoms with Crippen molar-refractivity contribution in [3.8, 4) is 5.75 Å². The molecule has 0 saturated carbocycles. The van der Waals surface area contributed by atoms with Gasteiger partial charge in [-0.2, -0.15) is 0 Å². The van der Waals surface area contributed by atoms with Gasteiger partial charge in [0.05, 0.1) is 30.3 Å². The third-order valence-electron chi connectivity index (χ3n) is 6.08. The van der Waals surface area contributed by atoms with Gasteiger partial charge in [-0.15, -0.1) is 0 Å². The van der Waals surface area contributed by atoms with Gasteiger partial charge in [0.1, 0.15) is 18.1 Å². The number of rotatable bonds is 15. The van der Waals surface area contributed by atoms with Gasteiger partial charge in [-0.1, -0.05) is 29.8 Å². The largest absolute Gasteiger partial charge is 0.483 e. The van der Waals surface area contributed by atoms with Crippen LogP contribution >= 0.6 is 11.6 Å². The number of carbonyl (C=O) groups is 3. The standard InChI is InChI=1S/C29H33ClN6O7S/c1-3-42-27(38)16-34-26(37)18-43-25-13-19(28(31)32)8-9-20(25)15-35-29(39)21-11-22(30)14-24(12-21)36(44(40,41)4-2)17-23-7-5-6-10-33-23/h5-14H,3-4,15-18H2,1-2H3,(H3,31,32)(H,34,37)(H,35,39). The molecule has 1 aromatic heterocycles. The zero-order valence-corrected chi connectivity index (χ0v) is 25.7. The first kappa shape index (κ1) is 33.8. The number of amides is 2. The molecule has 13 nitrogen and oxygen atoms in total. The lowest BCUT2D eigenvalue weighted by Crippen LogP contribution is -2.34. The molecular weight excluding hydrogens is 612 g/mol. The van der Waals surface area contributed by atoms with Gasteiger partial charge in [0, 0.05) is 34.5 Å². The number of nitrogen functional groups attached to an aromatic ring is 1. The van der Waals surface area contributed by atoms with E-state index in [-0.39, 0.29) is 59.9 Å². The molecule has 44 heavy (non-hydrogen) atoms. The average Bonchev–Trinajstić information content (AvgIpc) is 3.00. The van der Waals surface area contributed by atoms with Crippen LogP contribution in [0.4, 0.5) is 5.69 Å². The van der Waals surface area contributed by atoms with E-state index in [1.807, 2.05) is 0 Å². The highest BCUT2D eigenvalue weighted by atomic mass is 35.5. The third-order valence-corrected chi connectivity index (χ3v) is 8.04. The minimum atomic E-state index is -3.77. The lowest BCUT2D eigenvalue weighted by molar-refractivity contribution is -0.143. The van der Waals surface area contributed by atoms with Gasteiger partial charge in [0.15, 0.2) is 6.61 Å². The monoisotopic (exact) mass is 644 g/mol. The average molecular weight is 645 g/mol. The first-order valence-corrected chi connectivity index (χ1v) is 15.4. The Hall–Kier alpha value is -4.69. The quantitative estimate of drug-likeness (QED) is 0.109. The first-order chi connectivity index (χ1) is 20.9. The number of aromatic nitrogens is 1. The van der Waals surface area contributed by atoms with E-state index >= 15 is 0 Å². The van der Waals surface area contributed by atoms with E-state index in [2.05, 4.69) is 15.6 Å². The Morgan fingerprint density at radius 1 is 1.05 bits per heavy atom. The van der Waals surface area contributed by atoms with Crippen LogP contribution in [0.15, 0.2) is 60.8 Å². The summed E-state index contributed by atoms with van der Waals surface area (Å²) in [5.41, 5.74) is 7.18. The van der Waals surface area contributed by atoms with Gasteiger partial charge in [-0.25, -0.2) is 8.42 Å². The van der Waals surface area contributed by atoms with Crippen LogP contribution in [-0.2, 0) is 37.4 Å². The minimum absolute atomic E-state index is 0.0605. The number of hydrogen-bond acceptors (Lipinski definition) is 9. The van der Waals surface area contributed by atoms with Crippen molar-refractivity contribution in [3.63, 3.8) is 0 Å². The fourth-order valence-electron chi connectivity index (χ4n) is 3.85. The van der Waals surface area contributed by atoms with Crippen molar-refractivity contribution < 1.29 is 32.3 Å². The molecular formula is C29H33ClN6O7S. The highest BCUT2D eigenvalue weighted by molar-refractivity contribution is 7.92. The van der Waals surface area contributed by atoms with E-state index in [1.54, 1.807) is 43.5 Å². The zero-order chi connectivity index (χ0) is 32.3. The lowest BCUT2D eigenvalue weighted by Gasteiger charge is -2.24. The Morgan fingerprint density at radius 3 is 2.48 bits per heavy atom. The first-order valence-electron chi connectivity index (χ1n) is 13.4. The third kappa shape index (κ3) is 9.67. The van der Waals surface area contributed by atoms with Crippen LogP contribution in [0.3, 0.4) is 0 Å². The number of carbonyl (C=O) groups excluding carboxylic acids is 3. The van der Waals surface area contributed by atoms with Crippen LogP contribution in [0, 0.1) is 5.41 Å². The Morgan fingerprint density at radius 2 is 1.82 bits per heavy atom. The maximum atomic E-state index is 13.2. The van der Waals surface area contributed by atoms with E-state index in [1.165, 1.54) is 31.2 Å². The van der Waals surface area contributed by atoms with Crippen molar-refractivity contribution in [2.45, 2.75) is 26.9 Å². The molecule has 0 aliphatic carbocycles. The Labute approximate surface area is 260 Å². The molecule has 2 amide bonds. The fourth-order valence-corrected chi connectivity index (χ4v) is 5.15. The Bertz CT molecular complexity index is 1620. The van der Waals surface area contributed by atoms with Crippen LogP contribution in [0.1, 0.15) is 41.0 Å². The maximum Gasteiger partial charge on any atom is 0.325 e. The number of hydrogen-bond donors (Lipinski definition) is 4. The van der Waals surface area contributed by atoms with Crippen LogP contribution in [0.5, 0.6) is 5.75 Å². The van der Waals surface area contributed by atoms with Crippen LogP contribution < -0.4 is 25.4 Å². The van der Waals surface area contributed by atoms with Crippen molar-refractivity contribution in [2.75, 3.05) is 29.8 Å². The molecule has 234 valence electrons. The number of nitrogens with two attached hydrogens (primary N) is 1. The SMILES string of the molecule is CCOC(=O)CNC(=O)COc1cc(C(=N)N)ccc1CNC(=O)c1cc(Cl)cc(N(Cc2ccccn2)S(=O)(=O)CC)c1. The van der Waals surface area contributed by atoms with Crippen molar-refractivity contribution in [1.29, 1.82) is 5.41 Å². The van der Waals surface area contributed by atoms with Gasteiger partial charge in [0.25, 0.3) is 11.8 Å². The highest BCUT2D eigenvalue weighted by Crippen LogP contribution is 2.27. The van der Waals surface area contributed by atoms with Gasteiger partial charge < -0.3 is 25.8 Å². The van der Waals surface area contributed by atoms with Gasteiger partial charge >= 0.3 is 5.97 Å². The molecule has 0 radical (unpaired) electrons. The molecule has 0 saturated heterocycles. The lowest BCUT2D eigenvalue weighted by atomic mass is 10.1. The number of esters is 1. The summed E-state index contributed by atoms with van der Waals surface area (Å²) < 4.78 is 37.5. The fraction of sp³-hybridized carbons (Fsp3) is 0.276. The summed E-state index contributed by atoms with van der Waals surface area (Å²) in [6.07, 6.45) is 1.56. The summed E-state index contributed by atoms with van der Waals surface area (Å²) in [7, 11) is -3.77. The predicted octanol–water partition coefficient (Wildman–Crippen LogP) is 2.36. The molecule has 3 rings (SSSR count). The number of amidine groups is 1. The van der Waals surface area contributed by atoms with E-state index < -0.39 is 34.4 Å². The Kier molecular flexibility index (Phi) is 12.1. The van der Waals surface area contributed by atoms with Crippen LogP contribution in [0.2, 0.25) is 5.02 Å². The second-order valence-electron chi connectivity index (χ2n) is 9.22. The predicted molar refractivity (Wildman–Crippen MR) is 165 cm³/mol. The number of pyridine rings is 1. The van der Waals surface area contributed by atoms with E-state index in [0.717, 1.165) is 4.31 Å². The number of sulfonamides is 1. The second-order valence-corrected chi connectivity index (χ2v) is 11.8. The molecule has 2 aromatic carbocycles. The van der Waals surface area contributed by atoms with Gasteiger partial charge in [0.2, 0.25) is 10.0 Å². The zero-order valence-electron chi connectivity index (χ0n) is 24.1. The molecule has 0 fully saturated rings. The number of anilines is 1. The van der Waals surface area contributed by atoms with Gasteiger partial charge in [-0.3, -0.25) is 29.1 Å². The molecule has 3 aromatic rings. The number of ether oxygens (including phenoxy) is 2. The molecule has 5 N–H and O–H groups in total. The number of benzene rings is 2. The second kappa shape index (κ2) is 15.7. The number of nitrogens with one attached hydrogen (secondary N) is 3. The van der Waals surface area contributed by atoms with Gasteiger partial charge in [-0.05, 0) is 50.2 Å². The summed E-state index contributed by atoms with van der Waals surface area (Å²) in [4.78, 5) is 41.1. The maximum absolute atomic E-state index is 13.2. The van der Waals surface area contributed by atoms with Crippen LogP contribution in [-0.4, -0.2) is 62.5 Å². The number of nitrogens with zero attached hydrogens (tertiary/aromatic N) is 2. The Balaban J connectivity index is 1.79. The molecule has 15 heteroatoms. The molecule has 0 unspecified atom stereocenters. The topological polar surface area (TPSA) is 194 Å². The summed E-state index contributed by atoms with van der Waals surface area (Å²) >= 11 is 6.32.